The highest BCUT2D eigenvalue weighted by Gasteiger charge is 2.59. The monoisotopic (exact) mass is 792 g/mol. The second kappa shape index (κ2) is 13.8. The quantitative estimate of drug-likeness (QED) is 0.245. The lowest BCUT2D eigenvalue weighted by Gasteiger charge is -2.52. The van der Waals surface area contributed by atoms with Gasteiger partial charge in [-0.1, -0.05) is 0 Å². The fourth-order valence-electron chi connectivity index (χ4n) is 7.81. The van der Waals surface area contributed by atoms with Gasteiger partial charge in [0.25, 0.3) is 0 Å². The molecule has 6 rings (SSSR count). The van der Waals surface area contributed by atoms with Crippen molar-refractivity contribution in [1.29, 1.82) is 0 Å². The number of piperazine rings is 1. The standard InChI is InChI=1S/C38H45F5N6O7/c1-17-23(15-44-19(3)50)46-31-26-25(17)27(40)28(21-13-20(45-33(51)55-35(4,5)6)14-22(39)30(21)54-38(41,42)43)47-32(26)53-18(2)29-24-11-12-37(10,16-48(29)31)49(24)34(52)56-36(7,8)9/h13-14,18,24,29H,11-12,15-16H2,1-10H3,(H,44,50)(H,45,51)/t18-,24-,29+,37+/m0/s1. The highest BCUT2D eigenvalue weighted by atomic mass is 19.4. The van der Waals surface area contributed by atoms with Crippen LogP contribution >= 0.6 is 0 Å². The average Bonchev–Trinajstić information content (AvgIpc) is 3.21. The number of alkyl halides is 3. The van der Waals surface area contributed by atoms with Gasteiger partial charge in [0.1, 0.15) is 28.8 Å². The van der Waals surface area contributed by atoms with Crippen LogP contribution in [0.2, 0.25) is 0 Å². The lowest BCUT2D eigenvalue weighted by atomic mass is 9.93. The molecule has 0 aliphatic carbocycles. The van der Waals surface area contributed by atoms with Crippen LogP contribution in [-0.4, -0.2) is 80.8 Å². The third-order valence-corrected chi connectivity index (χ3v) is 9.84. The van der Waals surface area contributed by atoms with Gasteiger partial charge in [-0.05, 0) is 86.8 Å². The number of anilines is 2. The summed E-state index contributed by atoms with van der Waals surface area (Å²) in [6.45, 7) is 16.5. The molecule has 13 nitrogen and oxygen atoms in total. The predicted octanol–water partition coefficient (Wildman–Crippen LogP) is 7.89. The lowest BCUT2D eigenvalue weighted by molar-refractivity contribution is -0.275. The van der Waals surface area contributed by atoms with Gasteiger partial charge in [0, 0.05) is 30.6 Å². The summed E-state index contributed by atoms with van der Waals surface area (Å²) in [5, 5.41) is 4.86. The van der Waals surface area contributed by atoms with Gasteiger partial charge < -0.3 is 29.2 Å². The summed E-state index contributed by atoms with van der Waals surface area (Å²) in [6.07, 6.45) is -6.64. The molecule has 2 aromatic heterocycles. The Labute approximate surface area is 320 Å². The smallest absolute Gasteiger partial charge is 0.472 e. The fraction of sp³-hybridized carbons (Fsp3) is 0.553. The number of fused-ring (bicyclic) bond motifs is 5. The molecule has 0 spiro atoms. The SMILES string of the molecule is CC(=O)NCc1nc2c3c(nc(-c4cc(NC(=O)OC(C)(C)C)cc(F)c4OC(F)(F)F)c(F)c3c1C)O[C@@H](C)[C@@H]1[C@@H]3CC[C@](C)(CN21)N3C(=O)OC(C)(C)C. The normalized spacial score (nSPS) is 21.9. The molecule has 3 aliphatic heterocycles. The minimum Gasteiger partial charge on any atom is -0.472 e. The van der Waals surface area contributed by atoms with Crippen LogP contribution in [0.1, 0.15) is 86.4 Å². The zero-order valence-corrected chi connectivity index (χ0v) is 32.8. The number of nitrogens with zero attached hydrogens (tertiary/aromatic N) is 4. The van der Waals surface area contributed by atoms with Crippen LogP contribution in [0.5, 0.6) is 11.6 Å². The molecule has 3 aliphatic rings. The van der Waals surface area contributed by atoms with Crippen molar-refractivity contribution >= 4 is 40.4 Å². The molecule has 3 aromatic rings. The van der Waals surface area contributed by atoms with Crippen molar-refractivity contribution < 1.29 is 55.3 Å². The molecule has 304 valence electrons. The molecule has 2 bridgehead atoms. The van der Waals surface area contributed by atoms with Gasteiger partial charge in [0.15, 0.2) is 17.4 Å². The van der Waals surface area contributed by atoms with E-state index in [-0.39, 0.29) is 52.5 Å². The molecule has 2 fully saturated rings. The first kappa shape index (κ1) is 40.5. The van der Waals surface area contributed by atoms with Crippen molar-refractivity contribution in [1.82, 2.24) is 20.2 Å². The molecule has 4 atom stereocenters. The number of nitrogens with one attached hydrogen (secondary N) is 2. The Morgan fingerprint density at radius 2 is 1.68 bits per heavy atom. The first-order chi connectivity index (χ1) is 25.8. The molecule has 18 heteroatoms. The van der Waals surface area contributed by atoms with E-state index in [1.54, 1.807) is 53.4 Å². The van der Waals surface area contributed by atoms with Gasteiger partial charge in [-0.2, -0.15) is 0 Å². The van der Waals surface area contributed by atoms with Gasteiger partial charge in [0.2, 0.25) is 11.8 Å². The number of ether oxygens (including phenoxy) is 4. The minimum absolute atomic E-state index is 0.0835. The Kier molecular flexibility index (Phi) is 9.98. The van der Waals surface area contributed by atoms with Gasteiger partial charge in [-0.3, -0.25) is 15.0 Å². The van der Waals surface area contributed by atoms with E-state index in [1.807, 2.05) is 11.8 Å². The highest BCUT2D eigenvalue weighted by Crippen LogP contribution is 2.51. The Hall–Kier alpha value is -5.16. The van der Waals surface area contributed by atoms with Crippen LogP contribution in [0, 0.1) is 18.6 Å². The summed E-state index contributed by atoms with van der Waals surface area (Å²) in [5.41, 5.74) is -4.10. The molecule has 56 heavy (non-hydrogen) atoms. The highest BCUT2D eigenvalue weighted by molar-refractivity contribution is 6.02. The number of pyridine rings is 2. The maximum Gasteiger partial charge on any atom is 0.573 e. The second-order valence-electron chi connectivity index (χ2n) is 16.7. The second-order valence-corrected chi connectivity index (χ2v) is 16.7. The number of aromatic nitrogens is 2. The summed E-state index contributed by atoms with van der Waals surface area (Å²) in [5.74, 6) is -4.59. The van der Waals surface area contributed by atoms with Crippen LogP contribution in [0.25, 0.3) is 22.0 Å². The number of hydrogen-bond donors (Lipinski definition) is 2. The van der Waals surface area contributed by atoms with Crippen LogP contribution < -0.4 is 25.0 Å². The van der Waals surface area contributed by atoms with Gasteiger partial charge in [-0.25, -0.2) is 28.3 Å². The number of amides is 3. The molecule has 2 N–H and O–H groups in total. The van der Waals surface area contributed by atoms with E-state index in [2.05, 4.69) is 20.4 Å². The number of halogens is 5. The first-order valence-electron chi connectivity index (χ1n) is 18.1. The minimum atomic E-state index is -5.42. The summed E-state index contributed by atoms with van der Waals surface area (Å²) in [7, 11) is 0. The first-order valence-corrected chi connectivity index (χ1v) is 18.1. The topological polar surface area (TPSA) is 144 Å². The zero-order valence-electron chi connectivity index (χ0n) is 32.8. The van der Waals surface area contributed by atoms with Gasteiger partial charge >= 0.3 is 18.5 Å². The molecule has 0 unspecified atom stereocenters. The van der Waals surface area contributed by atoms with Crippen molar-refractivity contribution in [2.24, 2.45) is 0 Å². The van der Waals surface area contributed by atoms with Crippen LogP contribution in [0.3, 0.4) is 0 Å². The number of carbonyl (C=O) groups excluding carboxylic acids is 3. The summed E-state index contributed by atoms with van der Waals surface area (Å²) in [6, 6.07) is 0.374. The average molecular weight is 793 g/mol. The van der Waals surface area contributed by atoms with E-state index < -0.39 is 88.0 Å². The number of rotatable bonds is 5. The number of benzene rings is 1. The molecule has 2 saturated heterocycles. The van der Waals surface area contributed by atoms with Crippen molar-refractivity contribution in [2.45, 2.75) is 130 Å². The Morgan fingerprint density at radius 1 is 1.02 bits per heavy atom. The fourth-order valence-corrected chi connectivity index (χ4v) is 7.81. The zero-order chi connectivity index (χ0) is 41.4. The summed E-state index contributed by atoms with van der Waals surface area (Å²) >= 11 is 0. The third-order valence-electron chi connectivity index (χ3n) is 9.84. The van der Waals surface area contributed by atoms with Crippen LogP contribution in [0.15, 0.2) is 12.1 Å². The molecule has 1 aromatic carbocycles. The van der Waals surface area contributed by atoms with Crippen molar-refractivity contribution in [3.63, 3.8) is 0 Å². The van der Waals surface area contributed by atoms with Gasteiger partial charge in [0.05, 0.1) is 40.8 Å². The van der Waals surface area contributed by atoms with Crippen molar-refractivity contribution in [3.8, 4) is 22.9 Å². The molecular weight excluding hydrogens is 747 g/mol. The largest absolute Gasteiger partial charge is 0.573 e. The van der Waals surface area contributed by atoms with E-state index in [0.717, 1.165) is 6.07 Å². The van der Waals surface area contributed by atoms with E-state index in [0.29, 0.717) is 18.9 Å². The van der Waals surface area contributed by atoms with E-state index >= 15 is 8.78 Å². The Bertz CT molecular complexity index is 2120. The number of carbonyl (C=O) groups is 3. The van der Waals surface area contributed by atoms with Gasteiger partial charge in [-0.15, -0.1) is 13.2 Å². The lowest BCUT2D eigenvalue weighted by Crippen LogP contribution is -2.69. The van der Waals surface area contributed by atoms with E-state index in [9.17, 15) is 27.6 Å². The van der Waals surface area contributed by atoms with E-state index in [1.165, 1.54) is 13.8 Å². The van der Waals surface area contributed by atoms with E-state index in [4.69, 9.17) is 19.2 Å². The predicted molar refractivity (Wildman–Crippen MR) is 194 cm³/mol. The summed E-state index contributed by atoms with van der Waals surface area (Å²) in [4.78, 5) is 51.4. The maximum atomic E-state index is 17.4. The maximum absolute atomic E-state index is 17.4. The number of aryl methyl sites for hydroxylation is 1. The summed E-state index contributed by atoms with van der Waals surface area (Å²) < 4.78 is 96.1. The molecule has 0 saturated carbocycles. The van der Waals surface area contributed by atoms with Crippen LogP contribution in [0.4, 0.5) is 43.0 Å². The Balaban J connectivity index is 1.59. The third kappa shape index (κ3) is 7.78. The van der Waals surface area contributed by atoms with Crippen molar-refractivity contribution in [2.75, 3.05) is 16.8 Å². The van der Waals surface area contributed by atoms with Crippen molar-refractivity contribution in [3.05, 3.63) is 35.0 Å². The molecule has 5 heterocycles. The number of hydrogen-bond acceptors (Lipinski definition) is 10. The molecule has 3 amide bonds. The molecular formula is C38H45F5N6O7. The Morgan fingerprint density at radius 3 is 2.29 bits per heavy atom. The van der Waals surface area contributed by atoms with Crippen LogP contribution in [-0.2, 0) is 20.8 Å². The molecule has 0 radical (unpaired) electrons.